The van der Waals surface area contributed by atoms with Crippen LogP contribution in [0.3, 0.4) is 0 Å². The van der Waals surface area contributed by atoms with E-state index in [-0.39, 0.29) is 72.8 Å². The first-order chi connectivity index (χ1) is 3.81. The Morgan fingerprint density at radius 2 is 1.82 bits per heavy atom. The van der Waals surface area contributed by atoms with Crippen molar-refractivity contribution in [1.29, 1.82) is 0 Å². The van der Waals surface area contributed by atoms with Crippen LogP contribution in [0, 0.1) is 13.5 Å². The van der Waals surface area contributed by atoms with Gasteiger partial charge in [-0.3, -0.25) is 0 Å². The van der Waals surface area contributed by atoms with Gasteiger partial charge in [0.05, 0.1) is 0 Å². The molecule has 0 amide bonds. The van der Waals surface area contributed by atoms with E-state index < -0.39 is 0 Å². The summed E-state index contributed by atoms with van der Waals surface area (Å²) in [5.74, 6) is 0.666. The van der Waals surface area contributed by atoms with E-state index in [9.17, 15) is 0 Å². The number of rotatable bonds is 2. The quantitative estimate of drug-likeness (QED) is 0.331. The van der Waals surface area contributed by atoms with Gasteiger partial charge in [-0.15, -0.1) is 0 Å². The second-order valence-corrected chi connectivity index (χ2v) is 1.21. The van der Waals surface area contributed by atoms with Crippen LogP contribution in [-0.2, 0) is 70.3 Å². The summed E-state index contributed by atoms with van der Waals surface area (Å²) in [5.41, 5.74) is 0. The van der Waals surface area contributed by atoms with Crippen LogP contribution in [0.4, 0.5) is 0 Å². The molecule has 0 saturated carbocycles. The standard InChI is InChI=1S/C6H9NO.CH3.2Y/c1-4-6(3)8-7-5-2;;;/h1-3H3;1H3;;/q-2;-1;;+3. The summed E-state index contributed by atoms with van der Waals surface area (Å²) in [6, 6.07) is 0. The fraction of sp³-hybridized carbons (Fsp3) is 0.429. The molecule has 2 nitrogen and oxygen atoms in total. The van der Waals surface area contributed by atoms with Gasteiger partial charge in [0.1, 0.15) is 0 Å². The van der Waals surface area contributed by atoms with Crippen LogP contribution in [0.5, 0.6) is 0 Å². The van der Waals surface area contributed by atoms with Crippen LogP contribution >= 0.6 is 0 Å². The van der Waals surface area contributed by atoms with Crippen molar-refractivity contribution in [2.24, 2.45) is 5.16 Å². The third-order valence-corrected chi connectivity index (χ3v) is 0.626. The van der Waals surface area contributed by atoms with E-state index in [4.69, 9.17) is 0 Å². The van der Waals surface area contributed by atoms with E-state index in [0.717, 1.165) is 0 Å². The summed E-state index contributed by atoms with van der Waals surface area (Å²) in [4.78, 5) is 4.66. The van der Waals surface area contributed by atoms with Gasteiger partial charge in [-0.2, -0.15) is 13.8 Å². The molecule has 0 aliphatic carbocycles. The maximum absolute atomic E-state index is 4.66. The van der Waals surface area contributed by atoms with Gasteiger partial charge in [-0.05, 0) is 6.92 Å². The van der Waals surface area contributed by atoms with E-state index in [1.54, 1.807) is 20.8 Å². The van der Waals surface area contributed by atoms with Crippen molar-refractivity contribution in [1.82, 2.24) is 0 Å². The van der Waals surface area contributed by atoms with E-state index >= 15 is 0 Å². The first kappa shape index (κ1) is 22.8. The number of hydrogen-bond donors (Lipinski definition) is 0. The van der Waals surface area contributed by atoms with Crippen molar-refractivity contribution < 1.29 is 70.3 Å². The maximum Gasteiger partial charge on any atom is 3.00 e. The molecule has 0 fully saturated rings. The average molecular weight is 304 g/mol. The van der Waals surface area contributed by atoms with Crippen molar-refractivity contribution >= 4 is 6.21 Å². The molecule has 0 rings (SSSR count). The largest absolute Gasteiger partial charge is 3.00 e. The van der Waals surface area contributed by atoms with Gasteiger partial charge in [0.25, 0.3) is 0 Å². The van der Waals surface area contributed by atoms with Crippen molar-refractivity contribution in [2.45, 2.75) is 20.8 Å². The van der Waals surface area contributed by atoms with E-state index in [0.29, 0.717) is 5.76 Å². The van der Waals surface area contributed by atoms with Gasteiger partial charge in [-0.1, -0.05) is 5.76 Å². The van der Waals surface area contributed by atoms with Crippen LogP contribution < -0.4 is 0 Å². The average Bonchev–Trinajstić information content (AvgIpc) is 1.83. The minimum Gasteiger partial charge on any atom is -0.456 e. The zero-order valence-corrected chi connectivity index (χ0v) is 13.2. The molecule has 0 aromatic carbocycles. The third kappa shape index (κ3) is 18.4. The number of allylic oxidation sites excluding steroid dienone is 2. The predicted molar refractivity (Wildman–Crippen MR) is 38.7 cm³/mol. The molecule has 0 atom stereocenters. The fourth-order valence-corrected chi connectivity index (χ4v) is 0.160. The summed E-state index contributed by atoms with van der Waals surface area (Å²) >= 11 is 0. The summed E-state index contributed by atoms with van der Waals surface area (Å²) in [6.45, 7) is 5.21. The fourth-order valence-electron chi connectivity index (χ4n) is 0.160. The zero-order chi connectivity index (χ0) is 6.41. The van der Waals surface area contributed by atoms with Gasteiger partial charge < -0.3 is 29.7 Å². The smallest absolute Gasteiger partial charge is 0.456 e. The maximum atomic E-state index is 4.66. The Balaban J connectivity index is -0.0000000817. The summed E-state index contributed by atoms with van der Waals surface area (Å²) in [5, 5.41) is 3.39. The topological polar surface area (TPSA) is 21.6 Å². The summed E-state index contributed by atoms with van der Waals surface area (Å²) in [6.07, 6.45) is 5.24. The van der Waals surface area contributed by atoms with Crippen molar-refractivity contribution in [3.63, 3.8) is 0 Å². The molecule has 0 spiro atoms. The second kappa shape index (κ2) is 17.5. The van der Waals surface area contributed by atoms with Gasteiger partial charge >= 0.3 is 32.7 Å². The Bertz CT molecular complexity index is 113. The molecule has 0 unspecified atom stereocenters. The van der Waals surface area contributed by atoms with Crippen molar-refractivity contribution in [3.8, 4) is 0 Å². The molecular formula is C7H12NOY2. The molecule has 0 N–H and O–H groups in total. The van der Waals surface area contributed by atoms with E-state index in [1.165, 1.54) is 0 Å². The van der Waals surface area contributed by atoms with Crippen LogP contribution in [0.25, 0.3) is 0 Å². The first-order valence-electron chi connectivity index (χ1n) is 2.36. The Morgan fingerprint density at radius 3 is 2.09 bits per heavy atom. The minimum absolute atomic E-state index is 0. The van der Waals surface area contributed by atoms with Gasteiger partial charge in [0, 0.05) is 32.7 Å². The Morgan fingerprint density at radius 1 is 1.36 bits per heavy atom. The molecule has 11 heavy (non-hydrogen) atoms. The summed E-state index contributed by atoms with van der Waals surface area (Å²) < 4.78 is 0. The Kier molecular flexibility index (Phi) is 36.3. The third-order valence-electron chi connectivity index (χ3n) is 0.626. The molecule has 0 aromatic rings. The van der Waals surface area contributed by atoms with E-state index in [1.807, 2.05) is 0 Å². The normalized spacial score (nSPS) is 9.18. The first-order valence-corrected chi connectivity index (χ1v) is 2.36. The molecule has 1 radical (unpaired) electrons. The monoisotopic (exact) mass is 304 g/mol. The Hall–Kier alpha value is 1.42. The molecule has 0 saturated heterocycles. The molecule has 57 valence electrons. The van der Waals surface area contributed by atoms with Crippen LogP contribution in [0.2, 0.25) is 0 Å². The molecule has 0 aliphatic rings. The van der Waals surface area contributed by atoms with Gasteiger partial charge in [0.15, 0.2) is 0 Å². The van der Waals surface area contributed by atoms with E-state index in [2.05, 4.69) is 22.3 Å². The van der Waals surface area contributed by atoms with Crippen LogP contribution in [0.15, 0.2) is 10.9 Å². The van der Waals surface area contributed by atoms with Crippen LogP contribution in [0.1, 0.15) is 20.8 Å². The van der Waals surface area contributed by atoms with Crippen molar-refractivity contribution in [2.75, 3.05) is 0 Å². The SMILES string of the molecule is C[C-]=NOC(C)=[C-]C.[CH3-].[Y+3].[Y]. The van der Waals surface area contributed by atoms with Gasteiger partial charge in [-0.25, -0.2) is 0 Å². The van der Waals surface area contributed by atoms with Crippen LogP contribution in [-0.4, -0.2) is 6.21 Å². The Labute approximate surface area is 120 Å². The molecule has 0 heterocycles. The number of hydrogen-bond acceptors (Lipinski definition) is 2. The van der Waals surface area contributed by atoms with Gasteiger partial charge in [0.2, 0.25) is 0 Å². The van der Waals surface area contributed by atoms with Crippen molar-refractivity contribution in [3.05, 3.63) is 19.3 Å². The molecule has 0 aliphatic heterocycles. The second-order valence-electron chi connectivity index (χ2n) is 1.21. The molecule has 4 heteroatoms. The molecular weight excluding hydrogens is 292 g/mol. The molecule has 0 bridgehead atoms. The predicted octanol–water partition coefficient (Wildman–Crippen LogP) is 2.06. The zero-order valence-electron chi connectivity index (χ0n) is 7.51. The number of nitrogens with zero attached hydrogens (tertiary/aromatic N) is 1. The molecule has 0 aromatic heterocycles. The summed E-state index contributed by atoms with van der Waals surface area (Å²) in [7, 11) is 0. The minimum atomic E-state index is 0.